The fourth-order valence-electron chi connectivity index (χ4n) is 4.14. The van der Waals surface area contributed by atoms with Crippen molar-refractivity contribution in [3.63, 3.8) is 0 Å². The molecule has 1 aliphatic rings. The quantitative estimate of drug-likeness (QED) is 0.636. The number of aromatic nitrogens is 5. The van der Waals surface area contributed by atoms with Crippen molar-refractivity contribution in [3.8, 4) is 0 Å². The largest absolute Gasteiger partial charge is 0.379 e. The third kappa shape index (κ3) is 2.80. The van der Waals surface area contributed by atoms with Crippen LogP contribution in [-0.4, -0.2) is 60.8 Å². The van der Waals surface area contributed by atoms with E-state index in [1.54, 1.807) is 7.05 Å². The van der Waals surface area contributed by atoms with Crippen molar-refractivity contribution >= 4 is 16.9 Å². The minimum Gasteiger partial charge on any atom is -0.379 e. The van der Waals surface area contributed by atoms with Gasteiger partial charge in [-0.25, -0.2) is 4.79 Å². The van der Waals surface area contributed by atoms with Gasteiger partial charge in [0.05, 0.1) is 13.2 Å². The second-order valence-corrected chi connectivity index (χ2v) is 7.44. The van der Waals surface area contributed by atoms with Gasteiger partial charge < -0.3 is 9.30 Å². The molecule has 28 heavy (non-hydrogen) atoms. The van der Waals surface area contributed by atoms with Crippen LogP contribution in [0.2, 0.25) is 0 Å². The molecular formula is C19H28N6O3. The van der Waals surface area contributed by atoms with Crippen LogP contribution in [-0.2, 0) is 24.9 Å². The normalized spacial score (nSPS) is 15.9. The number of hydrogen-bond acceptors (Lipinski definition) is 5. The summed E-state index contributed by atoms with van der Waals surface area (Å²) >= 11 is 0. The number of aryl methyl sites for hydroxylation is 3. The van der Waals surface area contributed by atoms with Crippen molar-refractivity contribution in [2.45, 2.75) is 40.3 Å². The number of hydrogen-bond donors (Lipinski definition) is 0. The molecule has 3 aromatic heterocycles. The third-order valence-corrected chi connectivity index (χ3v) is 5.91. The summed E-state index contributed by atoms with van der Waals surface area (Å²) in [5, 5.41) is 0. The first-order valence-corrected chi connectivity index (χ1v) is 9.93. The monoisotopic (exact) mass is 388 g/mol. The highest BCUT2D eigenvalue weighted by Crippen LogP contribution is 2.21. The van der Waals surface area contributed by atoms with E-state index < -0.39 is 0 Å². The summed E-state index contributed by atoms with van der Waals surface area (Å²) in [4.78, 5) is 32.5. The summed E-state index contributed by atoms with van der Waals surface area (Å²) in [5.74, 6) is 0.730. The number of rotatable bonds is 5. The van der Waals surface area contributed by atoms with Crippen molar-refractivity contribution < 1.29 is 4.74 Å². The predicted octanol–water partition coefficient (Wildman–Crippen LogP) is 0.508. The van der Waals surface area contributed by atoms with Gasteiger partial charge in [0, 0.05) is 51.2 Å². The Morgan fingerprint density at radius 3 is 2.43 bits per heavy atom. The first-order valence-electron chi connectivity index (χ1n) is 9.93. The van der Waals surface area contributed by atoms with E-state index in [9.17, 15) is 9.59 Å². The van der Waals surface area contributed by atoms with Gasteiger partial charge in [0.2, 0.25) is 5.78 Å². The van der Waals surface area contributed by atoms with Gasteiger partial charge in [-0.2, -0.15) is 4.98 Å². The van der Waals surface area contributed by atoms with E-state index >= 15 is 0 Å². The van der Waals surface area contributed by atoms with Crippen LogP contribution < -0.4 is 11.2 Å². The molecule has 0 spiro atoms. The summed E-state index contributed by atoms with van der Waals surface area (Å²) in [5.41, 5.74) is 2.41. The van der Waals surface area contributed by atoms with Crippen LogP contribution in [0, 0.1) is 13.8 Å². The Labute approximate surface area is 162 Å². The summed E-state index contributed by atoms with van der Waals surface area (Å²) in [7, 11) is 1.67. The molecule has 0 N–H and O–H groups in total. The molecule has 0 atom stereocenters. The van der Waals surface area contributed by atoms with Crippen LogP contribution in [0.1, 0.15) is 24.7 Å². The molecule has 3 aromatic rings. The molecule has 0 amide bonds. The fraction of sp³-hybridized carbons (Fsp3) is 0.632. The number of morpholine rings is 1. The molecule has 0 unspecified atom stereocenters. The van der Waals surface area contributed by atoms with Crippen molar-refractivity contribution in [1.82, 2.24) is 28.0 Å². The Morgan fingerprint density at radius 2 is 1.75 bits per heavy atom. The average Bonchev–Trinajstić information content (AvgIpc) is 3.19. The zero-order valence-corrected chi connectivity index (χ0v) is 17.1. The van der Waals surface area contributed by atoms with E-state index in [-0.39, 0.29) is 11.2 Å². The predicted molar refractivity (Wildman–Crippen MR) is 107 cm³/mol. The van der Waals surface area contributed by atoms with Gasteiger partial charge in [-0.3, -0.25) is 23.2 Å². The molecule has 1 fully saturated rings. The van der Waals surface area contributed by atoms with E-state index in [4.69, 9.17) is 9.72 Å². The van der Waals surface area contributed by atoms with E-state index in [0.717, 1.165) is 63.0 Å². The fourth-order valence-corrected chi connectivity index (χ4v) is 4.14. The minimum atomic E-state index is -0.325. The van der Waals surface area contributed by atoms with Crippen LogP contribution in [0.25, 0.3) is 16.9 Å². The Bertz CT molecular complexity index is 1140. The van der Waals surface area contributed by atoms with Gasteiger partial charge >= 0.3 is 5.69 Å². The first-order chi connectivity index (χ1) is 13.5. The molecule has 4 heterocycles. The molecule has 0 saturated carbocycles. The zero-order chi connectivity index (χ0) is 20.0. The number of imidazole rings is 2. The van der Waals surface area contributed by atoms with Crippen LogP contribution in [0.3, 0.4) is 0 Å². The Hall–Kier alpha value is -2.39. The van der Waals surface area contributed by atoms with Crippen LogP contribution >= 0.6 is 0 Å². The lowest BCUT2D eigenvalue weighted by Gasteiger charge is -2.26. The van der Waals surface area contributed by atoms with Crippen LogP contribution in [0.5, 0.6) is 0 Å². The summed E-state index contributed by atoms with van der Waals surface area (Å²) in [6, 6.07) is 0. The van der Waals surface area contributed by atoms with Crippen molar-refractivity contribution in [2.24, 2.45) is 7.05 Å². The maximum Gasteiger partial charge on any atom is 0.332 e. The van der Waals surface area contributed by atoms with Gasteiger partial charge in [-0.15, -0.1) is 0 Å². The molecule has 0 aliphatic carbocycles. The Kier molecular flexibility index (Phi) is 4.88. The molecule has 0 radical (unpaired) electrons. The standard InChI is InChI=1S/C19H28N6O3/c1-5-23-17(26)15-16(21(4)19(23)27)20-18-24(13(2)14(3)25(15)18)8-6-7-22-9-11-28-12-10-22/h5-12H2,1-4H3. The maximum absolute atomic E-state index is 13.0. The zero-order valence-electron chi connectivity index (χ0n) is 17.1. The van der Waals surface area contributed by atoms with Gasteiger partial charge in [-0.1, -0.05) is 0 Å². The molecular weight excluding hydrogens is 360 g/mol. The van der Waals surface area contributed by atoms with Crippen molar-refractivity contribution in [3.05, 3.63) is 32.2 Å². The second-order valence-electron chi connectivity index (χ2n) is 7.44. The maximum atomic E-state index is 13.0. The van der Waals surface area contributed by atoms with E-state index in [0.29, 0.717) is 17.7 Å². The van der Waals surface area contributed by atoms with Gasteiger partial charge in [0.1, 0.15) is 0 Å². The second kappa shape index (κ2) is 7.21. The van der Waals surface area contributed by atoms with E-state index in [1.165, 1.54) is 9.13 Å². The SMILES string of the molecule is CCn1c(=O)c2c(nc3n(CCCN4CCOCC4)c(C)c(C)n23)n(C)c1=O. The van der Waals surface area contributed by atoms with Crippen LogP contribution in [0.4, 0.5) is 0 Å². The molecule has 0 bridgehead atoms. The molecule has 0 aromatic carbocycles. The summed E-state index contributed by atoms with van der Waals surface area (Å²) in [6.07, 6.45) is 0.992. The number of nitrogens with zero attached hydrogens (tertiary/aromatic N) is 6. The van der Waals surface area contributed by atoms with Gasteiger partial charge in [0.25, 0.3) is 5.56 Å². The highest BCUT2D eigenvalue weighted by Gasteiger charge is 2.22. The molecule has 9 nitrogen and oxygen atoms in total. The minimum absolute atomic E-state index is 0.276. The number of ether oxygens (including phenoxy) is 1. The lowest BCUT2D eigenvalue weighted by Crippen LogP contribution is -2.38. The average molecular weight is 388 g/mol. The van der Waals surface area contributed by atoms with E-state index in [2.05, 4.69) is 16.4 Å². The summed E-state index contributed by atoms with van der Waals surface area (Å²) in [6.45, 7) is 11.6. The van der Waals surface area contributed by atoms with Crippen LogP contribution in [0.15, 0.2) is 9.59 Å². The van der Waals surface area contributed by atoms with Gasteiger partial charge in [-0.05, 0) is 27.2 Å². The lowest BCUT2D eigenvalue weighted by atomic mass is 10.3. The molecule has 9 heteroatoms. The van der Waals surface area contributed by atoms with Crippen molar-refractivity contribution in [1.29, 1.82) is 0 Å². The Morgan fingerprint density at radius 1 is 1.04 bits per heavy atom. The smallest absolute Gasteiger partial charge is 0.332 e. The lowest BCUT2D eigenvalue weighted by molar-refractivity contribution is 0.0369. The highest BCUT2D eigenvalue weighted by atomic mass is 16.5. The van der Waals surface area contributed by atoms with Crippen molar-refractivity contribution in [2.75, 3.05) is 32.8 Å². The molecule has 1 saturated heterocycles. The summed E-state index contributed by atoms with van der Waals surface area (Å²) < 4.78 is 12.2. The van der Waals surface area contributed by atoms with E-state index in [1.807, 2.05) is 18.2 Å². The third-order valence-electron chi connectivity index (χ3n) is 5.91. The number of fused-ring (bicyclic) bond motifs is 3. The molecule has 4 rings (SSSR count). The molecule has 1 aliphatic heterocycles. The topological polar surface area (TPSA) is 78.7 Å². The van der Waals surface area contributed by atoms with Gasteiger partial charge in [0.15, 0.2) is 11.2 Å². The Balaban J connectivity index is 1.78. The highest BCUT2D eigenvalue weighted by molar-refractivity contribution is 5.76. The first kappa shape index (κ1) is 18.9. The molecule has 152 valence electrons.